The largest absolute Gasteiger partial charge is 0.378 e. The van der Waals surface area contributed by atoms with Gasteiger partial charge in [-0.1, -0.05) is 43.0 Å². The number of aromatic nitrogens is 4. The molecule has 0 unspecified atom stereocenters. The number of fused-ring (bicyclic) bond motifs is 1. The zero-order chi connectivity index (χ0) is 56.9. The highest BCUT2D eigenvalue weighted by Gasteiger charge is 2.38. The molecule has 80 heavy (non-hydrogen) atoms. The van der Waals surface area contributed by atoms with Crippen LogP contribution < -0.4 is 26.2 Å². The van der Waals surface area contributed by atoms with Gasteiger partial charge in [0.1, 0.15) is 28.3 Å². The Morgan fingerprint density at radius 1 is 0.825 bits per heavy atom. The number of carbonyl (C=O) groups excluding carboxylic acids is 5. The van der Waals surface area contributed by atoms with Gasteiger partial charge in [-0.3, -0.25) is 28.9 Å². The summed E-state index contributed by atoms with van der Waals surface area (Å²) < 4.78 is 47.9. The van der Waals surface area contributed by atoms with E-state index in [1.54, 1.807) is 31.1 Å². The van der Waals surface area contributed by atoms with Crippen molar-refractivity contribution in [2.24, 2.45) is 13.0 Å². The predicted molar refractivity (Wildman–Crippen MR) is 302 cm³/mol. The lowest BCUT2D eigenvalue weighted by Gasteiger charge is -2.39. The van der Waals surface area contributed by atoms with Gasteiger partial charge in [-0.25, -0.2) is 23.7 Å². The van der Waals surface area contributed by atoms with Crippen LogP contribution in [0.4, 0.5) is 20.3 Å². The van der Waals surface area contributed by atoms with Crippen LogP contribution in [0.2, 0.25) is 5.02 Å². The van der Waals surface area contributed by atoms with Gasteiger partial charge in [0, 0.05) is 96.4 Å². The second-order valence-electron chi connectivity index (χ2n) is 20.4. The summed E-state index contributed by atoms with van der Waals surface area (Å²) >= 11 is 7.64. The van der Waals surface area contributed by atoms with E-state index in [-0.39, 0.29) is 91.7 Å². The number of halogens is 3. The number of carbonyl (C=O) groups is 5. The van der Waals surface area contributed by atoms with E-state index in [1.165, 1.54) is 27.9 Å². The zero-order valence-electron chi connectivity index (χ0n) is 46.2. The molecule has 2 saturated heterocycles. The average Bonchev–Trinajstić information content (AvgIpc) is 4.11. The summed E-state index contributed by atoms with van der Waals surface area (Å²) in [6, 6.07) is 8.21. The lowest BCUT2D eigenvalue weighted by atomic mass is 9.83. The van der Waals surface area contributed by atoms with Gasteiger partial charge < -0.3 is 54.7 Å². The highest BCUT2D eigenvalue weighted by atomic mass is 35.5. The number of hydrogen-bond acceptors (Lipinski definition) is 15. The van der Waals surface area contributed by atoms with Gasteiger partial charge >= 0.3 is 0 Å². The van der Waals surface area contributed by atoms with Gasteiger partial charge in [0.25, 0.3) is 17.7 Å². The van der Waals surface area contributed by atoms with Gasteiger partial charge in [0.05, 0.1) is 84.4 Å². The molecule has 0 bridgehead atoms. The molecule has 5 aromatic rings. The van der Waals surface area contributed by atoms with Crippen molar-refractivity contribution in [3.8, 4) is 0 Å². The molecule has 3 fully saturated rings. The van der Waals surface area contributed by atoms with Crippen molar-refractivity contribution in [2.75, 3.05) is 122 Å². The van der Waals surface area contributed by atoms with Crippen LogP contribution in [0.15, 0.2) is 42.6 Å². The molecule has 24 heteroatoms. The number of likely N-dealkylation sites (N-methyl/N-ethyl adjacent to an activating group) is 1. The van der Waals surface area contributed by atoms with Crippen LogP contribution >= 0.6 is 22.9 Å². The SMILES string of the molecule is CN[C@@H](C)C(=O)N[C@H](C(=O)N1CCN(C(=O)c2c(C(=O)NCCOCCOCCOCCN3CCN(c4cc(Cc5ncc(C(=O)Nc6c(C)cccc6Cl)s5)nc(C)n4)CC3)c3cc(F)c(F)cc3n2C)CC1)C1CCCCC1. The summed E-state index contributed by atoms with van der Waals surface area (Å²) in [4.78, 5) is 90.3. The number of rotatable bonds is 24. The van der Waals surface area contributed by atoms with Crippen LogP contribution in [-0.4, -0.2) is 188 Å². The summed E-state index contributed by atoms with van der Waals surface area (Å²) in [6.07, 6.45) is 6.79. The maximum atomic E-state index is 14.7. The molecule has 3 aromatic heterocycles. The predicted octanol–water partition coefficient (Wildman–Crippen LogP) is 5.38. The normalized spacial score (nSPS) is 16.2. The van der Waals surface area contributed by atoms with E-state index in [9.17, 15) is 32.8 Å². The second-order valence-corrected chi connectivity index (χ2v) is 22.0. The Kier molecular flexibility index (Phi) is 21.3. The van der Waals surface area contributed by atoms with Crippen LogP contribution in [0.25, 0.3) is 10.9 Å². The number of ether oxygens (including phenoxy) is 3. The lowest BCUT2D eigenvalue weighted by Crippen LogP contribution is -2.59. The van der Waals surface area contributed by atoms with Crippen LogP contribution in [0.1, 0.15) is 91.6 Å². The van der Waals surface area contributed by atoms with Crippen molar-refractivity contribution in [1.82, 2.24) is 50.2 Å². The summed E-state index contributed by atoms with van der Waals surface area (Å²) in [5, 5.41) is 12.9. The minimum atomic E-state index is -1.16. The third-order valence-corrected chi connectivity index (χ3v) is 16.3. The molecule has 8 rings (SSSR count). The number of piperazine rings is 2. The van der Waals surface area contributed by atoms with E-state index in [0.29, 0.717) is 54.3 Å². The molecule has 2 aliphatic heterocycles. The first-order chi connectivity index (χ1) is 38.6. The number of thiazole rings is 1. The number of nitrogens with one attached hydrogen (secondary N) is 4. The molecule has 1 aliphatic carbocycles. The first kappa shape index (κ1) is 59.9. The van der Waals surface area contributed by atoms with Crippen molar-refractivity contribution in [3.05, 3.63) is 97.5 Å². The van der Waals surface area contributed by atoms with Gasteiger partial charge in [0.15, 0.2) is 11.6 Å². The highest BCUT2D eigenvalue weighted by molar-refractivity contribution is 7.13. The Labute approximate surface area is 474 Å². The maximum absolute atomic E-state index is 14.7. The molecule has 5 amide bonds. The molecular formula is C56H73ClF2N12O8S. The number of nitrogens with zero attached hydrogens (tertiary/aromatic N) is 8. The Hall–Kier alpha value is -6.21. The average molecular weight is 1150 g/mol. The molecule has 2 aromatic carbocycles. The third kappa shape index (κ3) is 15.2. The quantitative estimate of drug-likeness (QED) is 0.0572. The lowest BCUT2D eigenvalue weighted by molar-refractivity contribution is -0.140. The van der Waals surface area contributed by atoms with E-state index in [0.717, 1.165) is 99.0 Å². The zero-order valence-corrected chi connectivity index (χ0v) is 47.8. The van der Waals surface area contributed by atoms with Gasteiger partial charge in [0.2, 0.25) is 11.8 Å². The fraction of sp³-hybridized carbons (Fsp3) is 0.536. The van der Waals surface area contributed by atoms with Crippen LogP contribution in [0, 0.1) is 31.4 Å². The second kappa shape index (κ2) is 28.5. The maximum Gasteiger partial charge on any atom is 0.271 e. The van der Waals surface area contributed by atoms with Crippen LogP contribution in [0.3, 0.4) is 0 Å². The molecular weight excluding hydrogens is 1070 g/mol. The highest BCUT2D eigenvalue weighted by Crippen LogP contribution is 2.32. The third-order valence-electron chi connectivity index (χ3n) is 15.0. The minimum Gasteiger partial charge on any atom is -0.378 e. The molecule has 432 valence electrons. The topological polar surface area (TPSA) is 218 Å². The van der Waals surface area contributed by atoms with E-state index in [1.807, 2.05) is 32.0 Å². The van der Waals surface area contributed by atoms with Crippen molar-refractivity contribution in [1.29, 1.82) is 0 Å². The number of para-hydroxylation sites is 1. The molecule has 3 aliphatic rings. The fourth-order valence-electron chi connectivity index (χ4n) is 10.4. The summed E-state index contributed by atoms with van der Waals surface area (Å²) in [7, 11) is 3.22. The fourth-order valence-corrected chi connectivity index (χ4v) is 11.5. The molecule has 0 spiro atoms. The van der Waals surface area contributed by atoms with E-state index in [2.05, 4.69) is 41.0 Å². The molecule has 2 atom stereocenters. The first-order valence-electron chi connectivity index (χ1n) is 27.5. The van der Waals surface area contributed by atoms with E-state index >= 15 is 0 Å². The van der Waals surface area contributed by atoms with Crippen molar-refractivity contribution >= 4 is 74.9 Å². The first-order valence-corrected chi connectivity index (χ1v) is 28.7. The monoisotopic (exact) mass is 1150 g/mol. The van der Waals surface area contributed by atoms with Gasteiger partial charge in [-0.15, -0.1) is 11.3 Å². The summed E-state index contributed by atoms with van der Waals surface area (Å²) in [6.45, 7) is 12.3. The minimum absolute atomic E-state index is 0.0116. The van der Waals surface area contributed by atoms with Crippen LogP contribution in [0.5, 0.6) is 0 Å². The Morgan fingerprint density at radius 3 is 2.20 bits per heavy atom. The molecule has 20 nitrogen and oxygen atoms in total. The Bertz CT molecular complexity index is 2960. The Balaban J connectivity index is 0.718. The van der Waals surface area contributed by atoms with E-state index in [4.69, 9.17) is 30.8 Å². The molecule has 4 N–H and O–H groups in total. The molecule has 0 radical (unpaired) electrons. The van der Waals surface area contributed by atoms with Crippen molar-refractivity contribution < 1.29 is 47.0 Å². The smallest absolute Gasteiger partial charge is 0.271 e. The number of aryl methyl sites for hydroxylation is 3. The standard InChI is InChI=1S/C56H73ClF2N12O8S/c1-35-10-9-13-41(57)49(35)65-53(73)45-34-62-47(80-45)31-39-30-46(64-37(3)63-39)69-17-15-68(16-18-69)23-25-78-27-29-79-28-26-77-24-14-61-54(74)48-40-32-42(58)43(59)33-44(40)67(5)51(48)56(76)71-21-19-70(20-22-71)55(75)50(38-11-7-6-8-12-38)66-52(72)36(2)60-4/h9-10,13,30,32-34,36,38,50,60H,6-8,11-12,14-29,31H2,1-5H3,(H,61,74)(H,65,73)(H,66,72)/t36-,50-/m0/s1. The van der Waals surface area contributed by atoms with E-state index < -0.39 is 35.5 Å². The van der Waals surface area contributed by atoms with Crippen LogP contribution in [-0.2, 0) is 37.3 Å². The number of amides is 5. The summed E-state index contributed by atoms with van der Waals surface area (Å²) in [5.41, 5.74) is 2.34. The summed E-state index contributed by atoms with van der Waals surface area (Å²) in [5.74, 6) is -2.60. The van der Waals surface area contributed by atoms with Crippen molar-refractivity contribution in [3.63, 3.8) is 0 Å². The molecule has 1 saturated carbocycles. The number of hydrogen-bond donors (Lipinski definition) is 4. The Morgan fingerprint density at radius 2 is 1.50 bits per heavy atom. The van der Waals surface area contributed by atoms with Gasteiger partial charge in [-0.2, -0.15) is 0 Å². The van der Waals surface area contributed by atoms with Gasteiger partial charge in [-0.05, 0) is 64.3 Å². The van der Waals surface area contributed by atoms with Crippen molar-refractivity contribution in [2.45, 2.75) is 71.4 Å². The molecule has 5 heterocycles. The number of benzene rings is 2. The number of anilines is 2.